The summed E-state index contributed by atoms with van der Waals surface area (Å²) in [4.78, 5) is 29.9. The first-order valence-corrected chi connectivity index (χ1v) is 7.31. The molecule has 3 rings (SSSR count). The normalized spacial score (nSPS) is 13.8. The van der Waals surface area contributed by atoms with Crippen LogP contribution in [0.5, 0.6) is 0 Å². The molecule has 0 N–H and O–H groups in total. The zero-order valence-electron chi connectivity index (χ0n) is 10.1. The summed E-state index contributed by atoms with van der Waals surface area (Å²) in [5, 5.41) is 0.981. The van der Waals surface area contributed by atoms with Crippen molar-refractivity contribution in [3.8, 4) is 0 Å². The Balaban J connectivity index is 2.13. The number of benzene rings is 1. The summed E-state index contributed by atoms with van der Waals surface area (Å²) in [7, 11) is 0. The molecule has 0 radical (unpaired) electrons. The smallest absolute Gasteiger partial charge is 0.267 e. The van der Waals surface area contributed by atoms with Gasteiger partial charge in [0.05, 0.1) is 11.1 Å². The Bertz CT molecular complexity index is 719. The quantitative estimate of drug-likeness (QED) is 0.615. The third-order valence-electron chi connectivity index (χ3n) is 3.08. The van der Waals surface area contributed by atoms with E-state index in [1.807, 2.05) is 0 Å². The summed E-state index contributed by atoms with van der Waals surface area (Å²) in [5.74, 6) is -0.454. The van der Waals surface area contributed by atoms with Crippen molar-refractivity contribution < 1.29 is 9.59 Å². The maximum atomic E-state index is 12.4. The van der Waals surface area contributed by atoms with Gasteiger partial charge in [0.15, 0.2) is 0 Å². The molecule has 2 aromatic rings. The SMILES string of the molecule is O=C1c2cc(Cl)c(CBr)cc2C(=O)N1c1ccccn1. The highest BCUT2D eigenvalue weighted by atomic mass is 79.9. The van der Waals surface area contributed by atoms with Crippen LogP contribution in [-0.4, -0.2) is 16.8 Å². The van der Waals surface area contributed by atoms with Crippen LogP contribution in [0.25, 0.3) is 0 Å². The topological polar surface area (TPSA) is 50.3 Å². The molecule has 0 saturated heterocycles. The molecule has 0 aliphatic carbocycles. The lowest BCUT2D eigenvalue weighted by atomic mass is 10.1. The lowest BCUT2D eigenvalue weighted by Gasteiger charge is -2.11. The predicted molar refractivity (Wildman–Crippen MR) is 79.5 cm³/mol. The number of amides is 2. The average Bonchev–Trinajstić information content (AvgIpc) is 2.70. The van der Waals surface area contributed by atoms with Crippen LogP contribution < -0.4 is 4.90 Å². The molecule has 100 valence electrons. The van der Waals surface area contributed by atoms with Crippen LogP contribution in [0.4, 0.5) is 5.82 Å². The van der Waals surface area contributed by atoms with Crippen molar-refractivity contribution in [3.63, 3.8) is 0 Å². The summed E-state index contributed by atoms with van der Waals surface area (Å²) in [6.45, 7) is 0. The molecule has 0 unspecified atom stereocenters. The van der Waals surface area contributed by atoms with E-state index in [0.29, 0.717) is 27.3 Å². The van der Waals surface area contributed by atoms with Gasteiger partial charge in [-0.3, -0.25) is 9.59 Å². The van der Waals surface area contributed by atoms with Crippen LogP contribution in [0.3, 0.4) is 0 Å². The molecule has 2 amide bonds. The molecule has 2 heterocycles. The molecule has 1 aliphatic heterocycles. The molecular weight excluding hydrogens is 344 g/mol. The number of halogens is 2. The Labute approximate surface area is 128 Å². The van der Waals surface area contributed by atoms with E-state index in [-0.39, 0.29) is 5.91 Å². The van der Waals surface area contributed by atoms with Gasteiger partial charge in [0, 0.05) is 16.5 Å². The van der Waals surface area contributed by atoms with Crippen molar-refractivity contribution in [3.05, 3.63) is 58.2 Å². The molecule has 1 aromatic carbocycles. The maximum Gasteiger partial charge on any atom is 0.267 e. The summed E-state index contributed by atoms with van der Waals surface area (Å²) in [6, 6.07) is 8.26. The molecule has 0 saturated carbocycles. The van der Waals surface area contributed by atoms with Crippen LogP contribution in [0.2, 0.25) is 5.02 Å². The lowest BCUT2D eigenvalue weighted by Crippen LogP contribution is -2.30. The number of hydrogen-bond donors (Lipinski definition) is 0. The molecule has 0 spiro atoms. The van der Waals surface area contributed by atoms with Gasteiger partial charge in [-0.1, -0.05) is 33.6 Å². The summed E-state index contributed by atoms with van der Waals surface area (Å²) < 4.78 is 0. The third-order valence-corrected chi connectivity index (χ3v) is 4.03. The Morgan fingerprint density at radius 1 is 1.15 bits per heavy atom. The molecule has 6 heteroatoms. The lowest BCUT2D eigenvalue weighted by molar-refractivity contribution is 0.0925. The minimum Gasteiger partial charge on any atom is -0.268 e. The number of hydrogen-bond acceptors (Lipinski definition) is 3. The van der Waals surface area contributed by atoms with Gasteiger partial charge in [-0.25, -0.2) is 9.88 Å². The predicted octanol–water partition coefficient (Wildman–Crippen LogP) is 3.43. The van der Waals surface area contributed by atoms with Gasteiger partial charge in [0.1, 0.15) is 5.82 Å². The van der Waals surface area contributed by atoms with Crippen molar-refractivity contribution in [2.45, 2.75) is 5.33 Å². The Hall–Kier alpha value is -1.72. The fraction of sp³-hybridized carbons (Fsp3) is 0.0714. The highest BCUT2D eigenvalue weighted by Crippen LogP contribution is 2.31. The number of carbonyl (C=O) groups is 2. The van der Waals surface area contributed by atoms with Crippen LogP contribution in [0.1, 0.15) is 26.3 Å². The van der Waals surface area contributed by atoms with Crippen molar-refractivity contribution in [2.75, 3.05) is 4.90 Å². The fourth-order valence-corrected chi connectivity index (χ4v) is 2.96. The number of carbonyl (C=O) groups excluding carboxylic acids is 2. The largest absolute Gasteiger partial charge is 0.268 e. The molecule has 0 fully saturated rings. The van der Waals surface area contributed by atoms with E-state index >= 15 is 0 Å². The van der Waals surface area contributed by atoms with Gasteiger partial charge in [-0.2, -0.15) is 0 Å². The molecule has 20 heavy (non-hydrogen) atoms. The number of anilines is 1. The van der Waals surface area contributed by atoms with Crippen molar-refractivity contribution in [2.24, 2.45) is 0 Å². The van der Waals surface area contributed by atoms with Gasteiger partial charge >= 0.3 is 0 Å². The van der Waals surface area contributed by atoms with E-state index in [2.05, 4.69) is 20.9 Å². The second-order valence-electron chi connectivity index (χ2n) is 4.26. The summed E-state index contributed by atoms with van der Waals surface area (Å²) in [6.07, 6.45) is 1.54. The van der Waals surface area contributed by atoms with Gasteiger partial charge in [-0.15, -0.1) is 0 Å². The van der Waals surface area contributed by atoms with E-state index in [1.54, 1.807) is 24.3 Å². The van der Waals surface area contributed by atoms with Crippen LogP contribution in [0, 0.1) is 0 Å². The van der Waals surface area contributed by atoms with Gasteiger partial charge in [-0.05, 0) is 29.8 Å². The zero-order chi connectivity index (χ0) is 14.3. The summed E-state index contributed by atoms with van der Waals surface area (Å²) >= 11 is 9.39. The molecule has 4 nitrogen and oxygen atoms in total. The van der Waals surface area contributed by atoms with E-state index in [4.69, 9.17) is 11.6 Å². The van der Waals surface area contributed by atoms with E-state index in [1.165, 1.54) is 12.3 Å². The molecule has 1 aliphatic rings. The first kappa shape index (κ1) is 13.3. The Morgan fingerprint density at radius 3 is 2.45 bits per heavy atom. The zero-order valence-corrected chi connectivity index (χ0v) is 12.5. The standard InChI is InChI=1S/C14H8BrClN2O2/c15-7-8-5-9-10(6-11(8)16)14(20)18(13(9)19)12-3-1-2-4-17-12/h1-6H,7H2. The second kappa shape index (κ2) is 5.00. The van der Waals surface area contributed by atoms with Gasteiger partial charge < -0.3 is 0 Å². The van der Waals surface area contributed by atoms with E-state index in [9.17, 15) is 9.59 Å². The number of aromatic nitrogens is 1. The van der Waals surface area contributed by atoms with E-state index in [0.717, 1.165) is 10.5 Å². The third kappa shape index (κ3) is 1.94. The Morgan fingerprint density at radius 2 is 1.85 bits per heavy atom. The van der Waals surface area contributed by atoms with Crippen molar-refractivity contribution in [1.82, 2.24) is 4.98 Å². The highest BCUT2D eigenvalue weighted by molar-refractivity contribution is 9.08. The van der Waals surface area contributed by atoms with Crippen LogP contribution >= 0.6 is 27.5 Å². The maximum absolute atomic E-state index is 12.4. The first-order chi connectivity index (χ1) is 9.63. The molecule has 0 bridgehead atoms. The first-order valence-electron chi connectivity index (χ1n) is 5.81. The van der Waals surface area contributed by atoms with Crippen LogP contribution in [-0.2, 0) is 5.33 Å². The molecular formula is C14H8BrClN2O2. The highest BCUT2D eigenvalue weighted by Gasteiger charge is 2.38. The van der Waals surface area contributed by atoms with Crippen molar-refractivity contribution >= 4 is 45.2 Å². The second-order valence-corrected chi connectivity index (χ2v) is 5.22. The summed E-state index contributed by atoms with van der Waals surface area (Å²) in [5.41, 5.74) is 1.45. The van der Waals surface area contributed by atoms with Crippen molar-refractivity contribution in [1.29, 1.82) is 0 Å². The monoisotopic (exact) mass is 350 g/mol. The average molecular weight is 352 g/mol. The van der Waals surface area contributed by atoms with E-state index < -0.39 is 5.91 Å². The minimum absolute atomic E-state index is 0.315. The Kier molecular flexibility index (Phi) is 3.31. The molecule has 1 aromatic heterocycles. The van der Waals surface area contributed by atoms with Gasteiger partial charge in [0.25, 0.3) is 11.8 Å². The number of rotatable bonds is 2. The van der Waals surface area contributed by atoms with Crippen LogP contribution in [0.15, 0.2) is 36.5 Å². The fourth-order valence-electron chi connectivity index (χ4n) is 2.10. The minimum atomic E-state index is -0.397. The number of imide groups is 1. The number of alkyl halides is 1. The number of nitrogens with zero attached hydrogens (tertiary/aromatic N) is 2. The number of pyridine rings is 1. The number of fused-ring (bicyclic) bond motifs is 1. The van der Waals surface area contributed by atoms with Gasteiger partial charge in [0.2, 0.25) is 0 Å². The molecule has 0 atom stereocenters.